The molecule has 9 rings (SSSR count). The fraction of sp³-hybridized carbons (Fsp3) is 0.333. The standard InChI is InChI=1S/C39H37F3N8O4/c1-22-21-53-37-33-26(17-30(42)34(37)48-14-10-46(3)11-15-48)36(52)27(19-49(22)33)38-43-44-39(54-38)28-20-50(24-6-4-23(40)5-7-24)31-18-32(29(41)16-25(31)35(28)51)47-12-8-45(2)9-13-47/h4-7,16-20,22H,8-15,21H2,1-3H3/t22-/m1/s1. The van der Waals surface area contributed by atoms with Gasteiger partial charge in [0.25, 0.3) is 11.8 Å². The van der Waals surface area contributed by atoms with Crippen LogP contribution >= 0.6 is 0 Å². The molecule has 2 saturated heterocycles. The second kappa shape index (κ2) is 13.0. The molecule has 3 aromatic carbocycles. The van der Waals surface area contributed by atoms with Gasteiger partial charge in [-0.05, 0) is 63.5 Å². The van der Waals surface area contributed by atoms with E-state index in [2.05, 4.69) is 20.0 Å². The Hall–Kier alpha value is -5.67. The smallest absolute Gasteiger partial charge is 0.253 e. The number of halogens is 3. The first-order chi connectivity index (χ1) is 26.0. The number of nitrogens with zero attached hydrogens (tertiary/aromatic N) is 8. The molecule has 6 aromatic rings. The lowest BCUT2D eigenvalue weighted by atomic mass is 10.1. The van der Waals surface area contributed by atoms with Gasteiger partial charge in [-0.25, -0.2) is 13.2 Å². The van der Waals surface area contributed by atoms with E-state index >= 15 is 8.78 Å². The van der Waals surface area contributed by atoms with E-state index in [1.54, 1.807) is 29.0 Å². The van der Waals surface area contributed by atoms with Crippen LogP contribution in [0.4, 0.5) is 24.5 Å². The molecule has 2 fully saturated rings. The number of fused-ring (bicyclic) bond motifs is 1. The molecule has 15 heteroatoms. The number of hydrogen-bond donors (Lipinski definition) is 0. The van der Waals surface area contributed by atoms with Crippen molar-refractivity contribution in [2.24, 2.45) is 0 Å². The molecular weight excluding hydrogens is 701 g/mol. The van der Waals surface area contributed by atoms with Gasteiger partial charge in [0.1, 0.15) is 35.1 Å². The highest BCUT2D eigenvalue weighted by atomic mass is 19.1. The van der Waals surface area contributed by atoms with E-state index in [1.165, 1.54) is 30.5 Å². The van der Waals surface area contributed by atoms with E-state index < -0.39 is 28.3 Å². The van der Waals surface area contributed by atoms with Crippen LogP contribution in [-0.4, -0.2) is 102 Å². The first-order valence-corrected chi connectivity index (χ1v) is 18.0. The molecule has 3 aliphatic heterocycles. The van der Waals surface area contributed by atoms with Crippen LogP contribution in [0, 0.1) is 17.5 Å². The summed E-state index contributed by atoms with van der Waals surface area (Å²) in [6.07, 6.45) is 3.11. The highest BCUT2D eigenvalue weighted by Gasteiger charge is 2.32. The first-order valence-electron chi connectivity index (χ1n) is 18.0. The van der Waals surface area contributed by atoms with E-state index in [9.17, 15) is 14.0 Å². The zero-order valence-corrected chi connectivity index (χ0v) is 30.0. The minimum atomic E-state index is -0.568. The van der Waals surface area contributed by atoms with E-state index in [0.29, 0.717) is 60.0 Å². The second-order valence-electron chi connectivity index (χ2n) is 14.4. The average Bonchev–Trinajstić information content (AvgIpc) is 3.65. The molecule has 12 nitrogen and oxygen atoms in total. The van der Waals surface area contributed by atoms with Crippen LogP contribution in [0.1, 0.15) is 13.0 Å². The van der Waals surface area contributed by atoms with Gasteiger partial charge in [0, 0.05) is 75.8 Å². The summed E-state index contributed by atoms with van der Waals surface area (Å²) >= 11 is 0. The predicted molar refractivity (Wildman–Crippen MR) is 200 cm³/mol. The Morgan fingerprint density at radius 3 is 1.98 bits per heavy atom. The number of likely N-dealkylation sites (N-methyl/N-ethyl adjacent to an activating group) is 2. The highest BCUT2D eigenvalue weighted by Crippen LogP contribution is 2.43. The SMILES string of the molecule is C[C@@H]1COc2c(N3CCN(C)CC3)c(F)cc3c(=O)c(-c4nnc(-c5cn(-c6ccc(F)cc6)c6cc(N7CCN(C)CC7)c(F)cc6c5=O)o4)cn1c23. The summed E-state index contributed by atoms with van der Waals surface area (Å²) in [5.74, 6) is -1.62. The van der Waals surface area contributed by atoms with Crippen molar-refractivity contribution < 1.29 is 22.3 Å². The van der Waals surface area contributed by atoms with Crippen LogP contribution in [0.5, 0.6) is 5.75 Å². The largest absolute Gasteiger partial charge is 0.487 e. The van der Waals surface area contributed by atoms with Gasteiger partial charge >= 0.3 is 0 Å². The molecule has 0 aliphatic carbocycles. The Kier molecular flexibility index (Phi) is 8.23. The molecule has 0 N–H and O–H groups in total. The topological polar surface area (TPSA) is 105 Å². The molecule has 0 unspecified atom stereocenters. The molecule has 0 spiro atoms. The highest BCUT2D eigenvalue weighted by molar-refractivity contribution is 5.94. The van der Waals surface area contributed by atoms with Gasteiger partial charge in [-0.1, -0.05) is 0 Å². The van der Waals surface area contributed by atoms with E-state index in [1.807, 2.05) is 35.4 Å². The van der Waals surface area contributed by atoms with E-state index in [0.717, 1.165) is 26.2 Å². The Bertz CT molecular complexity index is 2570. The van der Waals surface area contributed by atoms with Crippen LogP contribution in [0.3, 0.4) is 0 Å². The number of hydrogen-bond acceptors (Lipinski definition) is 10. The van der Waals surface area contributed by atoms with Gasteiger partial charge in [0.05, 0.1) is 28.1 Å². The van der Waals surface area contributed by atoms with Gasteiger partial charge in [0.2, 0.25) is 10.9 Å². The van der Waals surface area contributed by atoms with Gasteiger partial charge < -0.3 is 37.9 Å². The molecule has 3 aromatic heterocycles. The minimum Gasteiger partial charge on any atom is -0.487 e. The minimum absolute atomic E-state index is 0.0233. The van der Waals surface area contributed by atoms with Crippen LogP contribution in [-0.2, 0) is 0 Å². The zero-order valence-electron chi connectivity index (χ0n) is 30.0. The summed E-state index contributed by atoms with van der Waals surface area (Å²) in [7, 11) is 4.03. The van der Waals surface area contributed by atoms with Gasteiger partial charge in [-0.3, -0.25) is 9.59 Å². The number of pyridine rings is 2. The maximum atomic E-state index is 16.0. The molecule has 3 aliphatic rings. The van der Waals surface area contributed by atoms with Crippen LogP contribution in [0.2, 0.25) is 0 Å². The predicted octanol–water partition coefficient (Wildman–Crippen LogP) is 4.90. The Labute approximate surface area is 307 Å². The van der Waals surface area contributed by atoms with Crippen molar-refractivity contribution in [3.8, 4) is 34.3 Å². The molecule has 6 heterocycles. The summed E-state index contributed by atoms with van der Waals surface area (Å²) in [6, 6.07) is 9.56. The molecule has 0 saturated carbocycles. The molecule has 0 amide bonds. The molecule has 1 atom stereocenters. The monoisotopic (exact) mass is 738 g/mol. The third kappa shape index (κ3) is 5.60. The van der Waals surface area contributed by atoms with Crippen LogP contribution in [0.25, 0.3) is 50.4 Å². The quantitative estimate of drug-likeness (QED) is 0.243. The fourth-order valence-corrected chi connectivity index (χ4v) is 7.72. The molecule has 0 bridgehead atoms. The van der Waals surface area contributed by atoms with Crippen LogP contribution < -0.4 is 25.4 Å². The normalized spacial score (nSPS) is 18.1. The van der Waals surface area contributed by atoms with Crippen molar-refractivity contribution in [1.82, 2.24) is 29.1 Å². The number of ether oxygens (including phenoxy) is 1. The van der Waals surface area contributed by atoms with E-state index in [-0.39, 0.29) is 46.3 Å². The maximum Gasteiger partial charge on any atom is 0.253 e. The third-order valence-corrected chi connectivity index (χ3v) is 10.9. The average molecular weight is 739 g/mol. The van der Waals surface area contributed by atoms with Crippen LogP contribution in [0.15, 0.2) is 68.9 Å². The molecular formula is C39H37F3N8O4. The summed E-state index contributed by atoms with van der Waals surface area (Å²) < 4.78 is 61.6. The Balaban J connectivity index is 1.17. The van der Waals surface area contributed by atoms with Crippen molar-refractivity contribution in [2.75, 3.05) is 82.9 Å². The summed E-state index contributed by atoms with van der Waals surface area (Å²) in [6.45, 7) is 7.64. The van der Waals surface area contributed by atoms with Gasteiger partial charge in [-0.15, -0.1) is 10.2 Å². The van der Waals surface area contributed by atoms with Crippen molar-refractivity contribution in [3.63, 3.8) is 0 Å². The lowest BCUT2D eigenvalue weighted by Crippen LogP contribution is -2.45. The zero-order chi connectivity index (χ0) is 37.4. The van der Waals surface area contributed by atoms with Crippen molar-refractivity contribution in [3.05, 3.63) is 92.8 Å². The van der Waals surface area contributed by atoms with Crippen molar-refractivity contribution in [1.29, 1.82) is 0 Å². The van der Waals surface area contributed by atoms with Gasteiger partial charge in [-0.2, -0.15) is 0 Å². The van der Waals surface area contributed by atoms with Crippen molar-refractivity contribution >= 4 is 33.2 Å². The number of piperazine rings is 2. The van der Waals surface area contributed by atoms with Gasteiger partial charge in [0.15, 0.2) is 11.6 Å². The third-order valence-electron chi connectivity index (χ3n) is 10.9. The maximum absolute atomic E-state index is 16.0. The summed E-state index contributed by atoms with van der Waals surface area (Å²) in [5.41, 5.74) is 0.951. The second-order valence-corrected chi connectivity index (χ2v) is 14.4. The first kappa shape index (κ1) is 34.1. The number of aromatic nitrogens is 4. The number of anilines is 2. The number of benzene rings is 3. The Morgan fingerprint density at radius 2 is 1.31 bits per heavy atom. The van der Waals surface area contributed by atoms with E-state index in [4.69, 9.17) is 9.15 Å². The lowest BCUT2D eigenvalue weighted by molar-refractivity contribution is 0.245. The molecule has 278 valence electrons. The lowest BCUT2D eigenvalue weighted by Gasteiger charge is -2.37. The number of rotatable bonds is 5. The fourth-order valence-electron chi connectivity index (χ4n) is 7.72. The van der Waals surface area contributed by atoms with Crippen molar-refractivity contribution in [2.45, 2.75) is 13.0 Å². The summed E-state index contributed by atoms with van der Waals surface area (Å²) in [5, 5.41) is 8.50. The molecule has 54 heavy (non-hydrogen) atoms. The molecule has 0 radical (unpaired) electrons. The summed E-state index contributed by atoms with van der Waals surface area (Å²) in [4.78, 5) is 36.5. The Morgan fingerprint density at radius 1 is 0.722 bits per heavy atom.